The molecular weight excluding hydrogens is 452 g/mol. The molecule has 0 unspecified atom stereocenters. The number of fused-ring (bicyclic) bond motifs is 2. The molecule has 0 bridgehead atoms. The van der Waals surface area contributed by atoms with Crippen LogP contribution in [0, 0.1) is 6.92 Å². The van der Waals surface area contributed by atoms with Gasteiger partial charge < -0.3 is 14.0 Å². The highest BCUT2D eigenvalue weighted by molar-refractivity contribution is 7.98. The molecule has 3 heterocycles. The molecule has 8 nitrogen and oxygen atoms in total. The van der Waals surface area contributed by atoms with Crippen LogP contribution in [0.1, 0.15) is 11.5 Å². The third-order valence-electron chi connectivity index (χ3n) is 5.46. The Balaban J connectivity index is 1.33. The molecule has 3 aromatic carbocycles. The lowest BCUT2D eigenvalue weighted by atomic mass is 10.2. The van der Waals surface area contributed by atoms with Gasteiger partial charge in [-0.3, -0.25) is 9.36 Å². The van der Waals surface area contributed by atoms with Crippen molar-refractivity contribution in [2.75, 3.05) is 6.79 Å². The van der Waals surface area contributed by atoms with Crippen molar-refractivity contribution < 1.29 is 14.0 Å². The van der Waals surface area contributed by atoms with Gasteiger partial charge in [0.25, 0.3) is 5.56 Å². The summed E-state index contributed by atoms with van der Waals surface area (Å²) in [6, 6.07) is 20.6. The molecule has 0 saturated carbocycles. The van der Waals surface area contributed by atoms with E-state index in [0.29, 0.717) is 45.0 Å². The van der Waals surface area contributed by atoms with Crippen LogP contribution in [0.2, 0.25) is 0 Å². The summed E-state index contributed by atoms with van der Waals surface area (Å²) in [5, 5.41) is 5.21. The minimum Gasteiger partial charge on any atom is -0.454 e. The molecule has 6 rings (SSSR count). The average Bonchev–Trinajstić information content (AvgIpc) is 3.53. The van der Waals surface area contributed by atoms with Crippen LogP contribution in [0.25, 0.3) is 28.0 Å². The maximum Gasteiger partial charge on any atom is 0.266 e. The predicted molar refractivity (Wildman–Crippen MR) is 127 cm³/mol. The van der Waals surface area contributed by atoms with Crippen molar-refractivity contribution in [2.24, 2.45) is 0 Å². The van der Waals surface area contributed by atoms with Crippen LogP contribution in [-0.2, 0) is 5.75 Å². The van der Waals surface area contributed by atoms with E-state index in [0.717, 1.165) is 16.8 Å². The number of nitrogens with zero attached hydrogens (tertiary/aromatic N) is 4. The molecule has 0 atom stereocenters. The standard InChI is InChI=1S/C25H18N4O4S/c1-15-6-9-17(10-7-15)29-24(30)18-4-2-3-5-19(18)26-25(29)34-13-22-27-23(28-33-22)16-8-11-20-21(12-16)32-14-31-20/h2-12H,13-14H2,1H3. The number of aromatic nitrogens is 4. The first-order valence-corrected chi connectivity index (χ1v) is 11.6. The van der Waals surface area contributed by atoms with E-state index in [-0.39, 0.29) is 12.4 Å². The van der Waals surface area contributed by atoms with Gasteiger partial charge in [-0.2, -0.15) is 4.98 Å². The number of thioether (sulfide) groups is 1. The number of para-hydroxylation sites is 1. The first-order chi connectivity index (χ1) is 16.7. The van der Waals surface area contributed by atoms with Crippen molar-refractivity contribution in [1.29, 1.82) is 0 Å². The van der Waals surface area contributed by atoms with Gasteiger partial charge in [-0.1, -0.05) is 46.7 Å². The molecular formula is C25H18N4O4S. The highest BCUT2D eigenvalue weighted by Gasteiger charge is 2.18. The zero-order valence-corrected chi connectivity index (χ0v) is 18.9. The molecule has 0 amide bonds. The monoisotopic (exact) mass is 470 g/mol. The summed E-state index contributed by atoms with van der Waals surface area (Å²) >= 11 is 1.37. The number of hydrogen-bond donors (Lipinski definition) is 0. The molecule has 5 aromatic rings. The summed E-state index contributed by atoms with van der Waals surface area (Å²) in [4.78, 5) is 22.6. The second kappa shape index (κ2) is 8.35. The largest absolute Gasteiger partial charge is 0.454 e. The van der Waals surface area contributed by atoms with Crippen molar-refractivity contribution in [3.8, 4) is 28.6 Å². The Morgan fingerprint density at radius 2 is 1.79 bits per heavy atom. The van der Waals surface area contributed by atoms with Crippen molar-refractivity contribution in [1.82, 2.24) is 19.7 Å². The van der Waals surface area contributed by atoms with E-state index in [1.165, 1.54) is 11.8 Å². The molecule has 1 aliphatic rings. The zero-order chi connectivity index (χ0) is 23.1. The van der Waals surface area contributed by atoms with E-state index in [2.05, 4.69) is 10.1 Å². The summed E-state index contributed by atoms with van der Waals surface area (Å²) in [6.07, 6.45) is 0. The minimum absolute atomic E-state index is 0.122. The van der Waals surface area contributed by atoms with Crippen LogP contribution >= 0.6 is 11.8 Å². The fourth-order valence-electron chi connectivity index (χ4n) is 3.72. The first kappa shape index (κ1) is 20.5. The van der Waals surface area contributed by atoms with Crippen molar-refractivity contribution in [3.05, 3.63) is 88.5 Å². The minimum atomic E-state index is -0.122. The van der Waals surface area contributed by atoms with Gasteiger partial charge in [0.15, 0.2) is 16.7 Å². The van der Waals surface area contributed by atoms with Gasteiger partial charge in [0.1, 0.15) is 0 Å². The summed E-state index contributed by atoms with van der Waals surface area (Å²) in [5.41, 5.74) is 3.16. The molecule has 0 saturated heterocycles. The number of aryl methyl sites for hydroxylation is 1. The van der Waals surface area contributed by atoms with E-state index in [4.69, 9.17) is 19.0 Å². The molecule has 0 fully saturated rings. The Labute approximate surface area is 198 Å². The van der Waals surface area contributed by atoms with E-state index in [1.807, 2.05) is 67.6 Å². The maximum atomic E-state index is 13.4. The first-order valence-electron chi connectivity index (χ1n) is 10.6. The molecule has 168 valence electrons. The van der Waals surface area contributed by atoms with Gasteiger partial charge in [0, 0.05) is 5.56 Å². The van der Waals surface area contributed by atoms with E-state index in [9.17, 15) is 4.79 Å². The fourth-order valence-corrected chi connectivity index (χ4v) is 4.57. The summed E-state index contributed by atoms with van der Waals surface area (Å²) < 4.78 is 17.9. The topological polar surface area (TPSA) is 92.3 Å². The Hall–Kier alpha value is -4.11. The van der Waals surface area contributed by atoms with Crippen LogP contribution < -0.4 is 15.0 Å². The second-order valence-corrected chi connectivity index (χ2v) is 8.70. The molecule has 1 aliphatic heterocycles. The fraction of sp³-hybridized carbons (Fsp3) is 0.120. The maximum absolute atomic E-state index is 13.4. The smallest absolute Gasteiger partial charge is 0.266 e. The molecule has 2 aromatic heterocycles. The molecule has 34 heavy (non-hydrogen) atoms. The average molecular weight is 471 g/mol. The second-order valence-electron chi connectivity index (χ2n) is 7.76. The Kier molecular flexibility index (Phi) is 5.03. The molecule has 0 aliphatic carbocycles. The van der Waals surface area contributed by atoms with Gasteiger partial charge >= 0.3 is 0 Å². The lowest BCUT2D eigenvalue weighted by molar-refractivity contribution is 0.174. The quantitative estimate of drug-likeness (QED) is 0.268. The van der Waals surface area contributed by atoms with Gasteiger partial charge in [-0.15, -0.1) is 0 Å². The molecule has 0 radical (unpaired) electrons. The zero-order valence-electron chi connectivity index (χ0n) is 18.1. The predicted octanol–water partition coefficient (Wildman–Crippen LogP) is 4.77. The Morgan fingerprint density at radius 1 is 0.971 bits per heavy atom. The normalized spacial score (nSPS) is 12.4. The number of rotatable bonds is 5. The third kappa shape index (κ3) is 3.69. The van der Waals surface area contributed by atoms with Crippen LogP contribution in [-0.4, -0.2) is 26.5 Å². The van der Waals surface area contributed by atoms with E-state index in [1.54, 1.807) is 10.6 Å². The summed E-state index contributed by atoms with van der Waals surface area (Å²) in [5.74, 6) is 2.58. The van der Waals surface area contributed by atoms with Crippen molar-refractivity contribution in [3.63, 3.8) is 0 Å². The summed E-state index contributed by atoms with van der Waals surface area (Å²) in [6.45, 7) is 2.21. The van der Waals surface area contributed by atoms with Crippen molar-refractivity contribution >= 4 is 22.7 Å². The number of benzene rings is 3. The third-order valence-corrected chi connectivity index (χ3v) is 6.38. The van der Waals surface area contributed by atoms with E-state index < -0.39 is 0 Å². The van der Waals surface area contributed by atoms with Crippen LogP contribution in [0.15, 0.2) is 81.2 Å². The highest BCUT2D eigenvalue weighted by atomic mass is 32.2. The van der Waals surface area contributed by atoms with Crippen LogP contribution in [0.3, 0.4) is 0 Å². The summed E-state index contributed by atoms with van der Waals surface area (Å²) in [7, 11) is 0. The molecule has 0 N–H and O–H groups in total. The SMILES string of the molecule is Cc1ccc(-n2c(SCc3nc(-c4ccc5c(c4)OCO5)no3)nc3ccccc3c2=O)cc1. The number of ether oxygens (including phenoxy) is 2. The van der Waals surface area contributed by atoms with Crippen LogP contribution in [0.4, 0.5) is 0 Å². The molecule has 0 spiro atoms. The van der Waals surface area contributed by atoms with Crippen LogP contribution in [0.5, 0.6) is 11.5 Å². The van der Waals surface area contributed by atoms with Crippen molar-refractivity contribution in [2.45, 2.75) is 17.8 Å². The lowest BCUT2D eigenvalue weighted by Crippen LogP contribution is -2.21. The van der Waals surface area contributed by atoms with Gasteiger partial charge in [0.2, 0.25) is 18.5 Å². The van der Waals surface area contributed by atoms with Gasteiger partial charge in [-0.05, 0) is 49.4 Å². The Morgan fingerprint density at radius 3 is 2.68 bits per heavy atom. The number of hydrogen-bond acceptors (Lipinski definition) is 8. The van der Waals surface area contributed by atoms with Gasteiger partial charge in [-0.25, -0.2) is 4.98 Å². The Bertz CT molecular complexity index is 1580. The lowest BCUT2D eigenvalue weighted by Gasteiger charge is -2.12. The van der Waals surface area contributed by atoms with Gasteiger partial charge in [0.05, 0.1) is 22.3 Å². The highest BCUT2D eigenvalue weighted by Crippen LogP contribution is 2.35. The molecule has 9 heteroatoms. The van der Waals surface area contributed by atoms with E-state index >= 15 is 0 Å².